The maximum atomic E-state index is 10.7. The van der Waals surface area contributed by atoms with E-state index in [9.17, 15) is 14.9 Å². The molecule has 0 bridgehead atoms. The number of pyridine rings is 1. The lowest BCUT2D eigenvalue weighted by atomic mass is 10.3. The molecule has 0 amide bonds. The number of hydrogen-bond donors (Lipinski definition) is 2. The van der Waals surface area contributed by atoms with Crippen LogP contribution in [0.1, 0.15) is 0 Å². The molecule has 80 valence electrons. The molecule has 0 aliphatic rings. The summed E-state index contributed by atoms with van der Waals surface area (Å²) in [5.74, 6) is -1.27. The van der Waals surface area contributed by atoms with Crippen molar-refractivity contribution in [3.8, 4) is 0 Å². The van der Waals surface area contributed by atoms with Crippen molar-refractivity contribution in [1.82, 2.24) is 4.98 Å². The fourth-order valence-corrected chi connectivity index (χ4v) is 0.984. The van der Waals surface area contributed by atoms with Crippen molar-refractivity contribution in [2.45, 2.75) is 6.04 Å². The van der Waals surface area contributed by atoms with Gasteiger partial charge in [-0.2, -0.15) is 0 Å². The van der Waals surface area contributed by atoms with Gasteiger partial charge in [-0.1, -0.05) is 0 Å². The van der Waals surface area contributed by atoms with E-state index in [1.807, 2.05) is 0 Å². The van der Waals surface area contributed by atoms with Gasteiger partial charge in [-0.25, -0.2) is 4.79 Å². The van der Waals surface area contributed by atoms with Crippen LogP contribution in [0.2, 0.25) is 0 Å². The lowest BCUT2D eigenvalue weighted by Gasteiger charge is -2.10. The quantitative estimate of drug-likeness (QED) is 0.533. The maximum Gasteiger partial charge on any atom is 0.333 e. The topological polar surface area (TPSA) is 105 Å². The number of aliphatic carboxylic acids is 1. The fraction of sp³-hybridized carbons (Fsp3) is 0.250. The zero-order valence-corrected chi connectivity index (χ0v) is 7.66. The molecule has 7 nitrogen and oxygen atoms in total. The highest BCUT2D eigenvalue weighted by molar-refractivity contribution is 5.77. The Morgan fingerprint density at radius 3 is 2.93 bits per heavy atom. The summed E-state index contributed by atoms with van der Waals surface area (Å²) in [6, 6.07) is 1.94. The van der Waals surface area contributed by atoms with Gasteiger partial charge in [0, 0.05) is 17.3 Å². The first-order valence-corrected chi connectivity index (χ1v) is 4.11. The molecule has 15 heavy (non-hydrogen) atoms. The first-order chi connectivity index (χ1) is 7.09. The largest absolute Gasteiger partial charge is 0.480 e. The molecule has 1 rings (SSSR count). The smallest absolute Gasteiger partial charge is 0.333 e. The van der Waals surface area contributed by atoms with Crippen LogP contribution in [0.25, 0.3) is 0 Å². The zero-order chi connectivity index (χ0) is 11.3. The Labute approximate surface area is 84.9 Å². The van der Waals surface area contributed by atoms with E-state index in [0.717, 1.165) is 0 Å². The molecule has 0 aromatic carbocycles. The fourth-order valence-electron chi connectivity index (χ4n) is 0.984. The second-order valence-corrected chi connectivity index (χ2v) is 2.79. The number of aromatic nitrogens is 1. The summed E-state index contributed by atoms with van der Waals surface area (Å²) in [5, 5.41) is 21.4. The van der Waals surface area contributed by atoms with Crippen LogP contribution in [-0.4, -0.2) is 33.6 Å². The average molecular weight is 211 g/mol. The van der Waals surface area contributed by atoms with Crippen molar-refractivity contribution < 1.29 is 14.8 Å². The van der Waals surface area contributed by atoms with Crippen LogP contribution < -0.4 is 5.32 Å². The molecule has 0 saturated carbocycles. The van der Waals surface area contributed by atoms with E-state index in [1.165, 1.54) is 12.4 Å². The summed E-state index contributed by atoms with van der Waals surface area (Å²) in [7, 11) is 0. The minimum Gasteiger partial charge on any atom is -0.480 e. The third-order valence-electron chi connectivity index (χ3n) is 1.63. The molecule has 0 fully saturated rings. The predicted molar refractivity (Wildman–Crippen MR) is 51.1 cm³/mol. The van der Waals surface area contributed by atoms with Crippen LogP contribution in [0.5, 0.6) is 0 Å². The van der Waals surface area contributed by atoms with Gasteiger partial charge >= 0.3 is 5.97 Å². The zero-order valence-electron chi connectivity index (χ0n) is 7.66. The lowest BCUT2D eigenvalue weighted by Crippen LogP contribution is -2.36. The summed E-state index contributed by atoms with van der Waals surface area (Å²) in [4.78, 5) is 23.9. The molecular formula is C8H9N3O4. The van der Waals surface area contributed by atoms with Crippen molar-refractivity contribution in [1.29, 1.82) is 0 Å². The molecule has 0 aliphatic heterocycles. The Bertz CT molecular complexity index is 354. The third kappa shape index (κ3) is 3.59. The van der Waals surface area contributed by atoms with Crippen molar-refractivity contribution >= 4 is 11.7 Å². The summed E-state index contributed by atoms with van der Waals surface area (Å²) >= 11 is 0. The van der Waals surface area contributed by atoms with E-state index >= 15 is 0 Å². The summed E-state index contributed by atoms with van der Waals surface area (Å²) < 4.78 is 0. The Kier molecular flexibility index (Phi) is 3.55. The molecule has 1 heterocycles. The van der Waals surface area contributed by atoms with E-state index in [4.69, 9.17) is 5.11 Å². The van der Waals surface area contributed by atoms with Crippen molar-refractivity contribution in [3.63, 3.8) is 0 Å². The van der Waals surface area contributed by atoms with Gasteiger partial charge in [-0.05, 0) is 12.1 Å². The SMILES string of the molecule is O=C(O)[C@H](C[N+](=O)[O-])Nc1cccnc1. The molecule has 0 aliphatic carbocycles. The number of nitrogens with one attached hydrogen (secondary N) is 1. The van der Waals surface area contributed by atoms with Crippen LogP contribution in [0.3, 0.4) is 0 Å². The Balaban J connectivity index is 2.67. The number of rotatable bonds is 5. The molecule has 1 aromatic rings. The standard InChI is InChI=1S/C8H9N3O4/c12-8(13)7(5-11(14)15)10-6-2-1-3-9-4-6/h1-4,7,10H,5H2,(H,12,13)/t7-/m0/s1. The predicted octanol–water partition coefficient (Wildman–Crippen LogP) is 0.223. The van der Waals surface area contributed by atoms with E-state index in [0.29, 0.717) is 5.69 Å². The number of anilines is 1. The molecule has 1 aromatic heterocycles. The molecular weight excluding hydrogens is 202 g/mol. The second kappa shape index (κ2) is 4.89. The van der Waals surface area contributed by atoms with E-state index < -0.39 is 23.5 Å². The van der Waals surface area contributed by atoms with Gasteiger partial charge in [0.05, 0.1) is 5.69 Å². The van der Waals surface area contributed by atoms with Crippen molar-refractivity contribution in [2.75, 3.05) is 11.9 Å². The molecule has 7 heteroatoms. The number of carboxylic acids is 1. The van der Waals surface area contributed by atoms with Crippen LogP contribution in [0.4, 0.5) is 5.69 Å². The molecule has 0 unspecified atom stereocenters. The highest BCUT2D eigenvalue weighted by atomic mass is 16.6. The van der Waals surface area contributed by atoms with Crippen LogP contribution >= 0.6 is 0 Å². The van der Waals surface area contributed by atoms with E-state index in [1.54, 1.807) is 12.1 Å². The van der Waals surface area contributed by atoms with Gasteiger partial charge in [-0.3, -0.25) is 15.1 Å². The van der Waals surface area contributed by atoms with Crippen molar-refractivity contribution in [3.05, 3.63) is 34.6 Å². The number of hydrogen-bond acceptors (Lipinski definition) is 5. The van der Waals surface area contributed by atoms with Gasteiger partial charge < -0.3 is 10.4 Å². The summed E-state index contributed by atoms with van der Waals surface area (Å²) in [6.07, 6.45) is 2.92. The highest BCUT2D eigenvalue weighted by Gasteiger charge is 2.22. The molecule has 0 saturated heterocycles. The summed E-state index contributed by atoms with van der Waals surface area (Å²) in [5.41, 5.74) is 0.437. The van der Waals surface area contributed by atoms with Gasteiger partial charge in [0.15, 0.2) is 6.04 Å². The van der Waals surface area contributed by atoms with Gasteiger partial charge in [0.25, 0.3) is 0 Å². The number of carboxylic acid groups (broad SMARTS) is 1. The minimum atomic E-state index is -1.27. The van der Waals surface area contributed by atoms with Crippen LogP contribution in [-0.2, 0) is 4.79 Å². The molecule has 2 N–H and O–H groups in total. The van der Waals surface area contributed by atoms with Gasteiger partial charge in [0.1, 0.15) is 0 Å². The van der Waals surface area contributed by atoms with Crippen LogP contribution in [0.15, 0.2) is 24.5 Å². The number of carbonyl (C=O) groups is 1. The highest BCUT2D eigenvalue weighted by Crippen LogP contribution is 2.05. The number of nitrogens with zero attached hydrogens (tertiary/aromatic N) is 2. The molecule has 1 atom stereocenters. The monoisotopic (exact) mass is 211 g/mol. The molecule has 0 radical (unpaired) electrons. The van der Waals surface area contributed by atoms with Gasteiger partial charge in [0.2, 0.25) is 6.54 Å². The Morgan fingerprint density at radius 2 is 2.47 bits per heavy atom. The average Bonchev–Trinajstić information content (AvgIpc) is 2.17. The lowest BCUT2D eigenvalue weighted by molar-refractivity contribution is -0.480. The number of nitro groups is 1. The minimum absolute atomic E-state index is 0.437. The van der Waals surface area contributed by atoms with E-state index in [-0.39, 0.29) is 0 Å². The van der Waals surface area contributed by atoms with E-state index in [2.05, 4.69) is 10.3 Å². The van der Waals surface area contributed by atoms with Crippen LogP contribution in [0, 0.1) is 10.1 Å². The first-order valence-electron chi connectivity index (χ1n) is 4.11. The van der Waals surface area contributed by atoms with Crippen molar-refractivity contribution in [2.24, 2.45) is 0 Å². The summed E-state index contributed by atoms with van der Waals surface area (Å²) in [6.45, 7) is -0.676. The third-order valence-corrected chi connectivity index (χ3v) is 1.63. The second-order valence-electron chi connectivity index (χ2n) is 2.79. The van der Waals surface area contributed by atoms with Gasteiger partial charge in [-0.15, -0.1) is 0 Å². The maximum absolute atomic E-state index is 10.7. The Hall–Kier alpha value is -2.18. The molecule has 0 spiro atoms. The first kappa shape index (κ1) is 10.9. The Morgan fingerprint density at radius 1 is 1.73 bits per heavy atom. The normalized spacial score (nSPS) is 11.7.